The number of carbonyl (C=O) groups is 1. The van der Waals surface area contributed by atoms with E-state index in [1.807, 2.05) is 20.8 Å². The monoisotopic (exact) mass is 620 g/mol. The molecule has 2 saturated heterocycles. The molecule has 0 bridgehead atoms. The molecule has 0 amide bonds. The lowest BCUT2D eigenvalue weighted by Crippen LogP contribution is -2.59. The van der Waals surface area contributed by atoms with Crippen LogP contribution in [0.1, 0.15) is 120 Å². The fourth-order valence-corrected chi connectivity index (χ4v) is 10.3. The molecule has 8 heteroatoms. The van der Waals surface area contributed by atoms with E-state index in [-0.39, 0.29) is 34.6 Å². The smallest absolute Gasteiger partial charge is 0.187 e. The second-order valence-electron chi connectivity index (χ2n) is 17.0. The van der Waals surface area contributed by atoms with Crippen molar-refractivity contribution in [2.24, 2.45) is 34.5 Å². The standard InChI is InChI=1S/C36H60O8/c1-20-10-11-24-23(14-19-36(24,9)44-31-30(40)29(39)28(38)21(2)42-31)32(3,4)22(20)12-13-25-34(7)17-15-26(37)33(5,6)43-27(34)16-18-35(25,8)41/h12,20-21,23-25,27-31,38-41H,10-11,13-19H2,1-9H3/b22-12-/t20?,21-,23+,24+,25+,27+,28-,29+,30+,31-,34+,35-,36+/m0/s1. The van der Waals surface area contributed by atoms with Crippen LogP contribution in [0.2, 0.25) is 0 Å². The minimum absolute atomic E-state index is 0.0316. The van der Waals surface area contributed by atoms with Crippen LogP contribution in [-0.2, 0) is 19.0 Å². The molecule has 0 aromatic rings. The first kappa shape index (κ1) is 34.5. The molecule has 3 saturated carbocycles. The summed E-state index contributed by atoms with van der Waals surface area (Å²) in [6.07, 6.45) is 4.10. The topological polar surface area (TPSA) is 126 Å². The molecular formula is C36H60O8. The van der Waals surface area contributed by atoms with Gasteiger partial charge < -0.3 is 34.6 Å². The van der Waals surface area contributed by atoms with Gasteiger partial charge in [0.1, 0.15) is 23.9 Å². The molecule has 5 fully saturated rings. The summed E-state index contributed by atoms with van der Waals surface area (Å²) >= 11 is 0. The number of carbonyl (C=O) groups excluding carboxylic acids is 1. The molecule has 5 rings (SSSR count). The summed E-state index contributed by atoms with van der Waals surface area (Å²) in [5.41, 5.74) is -1.17. The predicted molar refractivity (Wildman–Crippen MR) is 168 cm³/mol. The van der Waals surface area contributed by atoms with Crippen LogP contribution in [0.5, 0.6) is 0 Å². The number of hydrogen-bond acceptors (Lipinski definition) is 8. The molecule has 44 heavy (non-hydrogen) atoms. The van der Waals surface area contributed by atoms with Gasteiger partial charge in [-0.2, -0.15) is 0 Å². The highest BCUT2D eigenvalue weighted by Gasteiger charge is 2.58. The maximum Gasteiger partial charge on any atom is 0.187 e. The van der Waals surface area contributed by atoms with Crippen LogP contribution in [0.3, 0.4) is 0 Å². The van der Waals surface area contributed by atoms with E-state index in [1.54, 1.807) is 6.92 Å². The molecule has 3 aliphatic carbocycles. The van der Waals surface area contributed by atoms with Gasteiger partial charge in [0.15, 0.2) is 12.1 Å². The lowest BCUT2D eigenvalue weighted by atomic mass is 9.56. The van der Waals surface area contributed by atoms with Gasteiger partial charge in [0, 0.05) is 11.8 Å². The molecule has 0 spiro atoms. The highest BCUT2D eigenvalue weighted by molar-refractivity contribution is 5.86. The molecule has 2 heterocycles. The van der Waals surface area contributed by atoms with E-state index in [0.717, 1.165) is 44.9 Å². The van der Waals surface area contributed by atoms with Crippen LogP contribution in [-0.4, -0.2) is 79.8 Å². The van der Waals surface area contributed by atoms with Crippen molar-refractivity contribution >= 4 is 5.78 Å². The maximum atomic E-state index is 13.0. The number of aliphatic hydroxyl groups is 4. The Morgan fingerprint density at radius 2 is 1.55 bits per heavy atom. The summed E-state index contributed by atoms with van der Waals surface area (Å²) in [5, 5.41) is 43.1. The molecule has 0 aromatic heterocycles. The first-order chi connectivity index (χ1) is 20.2. The Kier molecular flexibility index (Phi) is 9.15. The Balaban J connectivity index is 1.39. The van der Waals surface area contributed by atoms with E-state index < -0.39 is 47.5 Å². The zero-order chi connectivity index (χ0) is 32.6. The molecule has 1 unspecified atom stereocenters. The Morgan fingerprint density at radius 3 is 2.23 bits per heavy atom. The number of Topliss-reactive ketones (excluding diaryl/α,β-unsaturated/α-hetero) is 1. The van der Waals surface area contributed by atoms with Gasteiger partial charge in [-0.1, -0.05) is 39.3 Å². The first-order valence-electron chi connectivity index (χ1n) is 17.3. The van der Waals surface area contributed by atoms with Crippen molar-refractivity contribution in [3.63, 3.8) is 0 Å². The van der Waals surface area contributed by atoms with Crippen LogP contribution in [0.4, 0.5) is 0 Å². The van der Waals surface area contributed by atoms with Crippen LogP contribution < -0.4 is 0 Å². The van der Waals surface area contributed by atoms with Gasteiger partial charge >= 0.3 is 0 Å². The molecule has 4 N–H and O–H groups in total. The van der Waals surface area contributed by atoms with Gasteiger partial charge in [-0.15, -0.1) is 0 Å². The molecule has 0 aromatic carbocycles. The number of hydrogen-bond donors (Lipinski definition) is 4. The highest BCUT2D eigenvalue weighted by atomic mass is 16.7. The number of ether oxygens (including phenoxy) is 3. The van der Waals surface area contributed by atoms with Crippen molar-refractivity contribution in [1.82, 2.24) is 0 Å². The zero-order valence-electron chi connectivity index (χ0n) is 28.6. The third kappa shape index (κ3) is 5.77. The Hall–Kier alpha value is -0.870. The largest absolute Gasteiger partial charge is 0.390 e. The van der Waals surface area contributed by atoms with Gasteiger partial charge in [0.05, 0.1) is 23.4 Å². The van der Waals surface area contributed by atoms with Crippen molar-refractivity contribution in [2.75, 3.05) is 0 Å². The minimum Gasteiger partial charge on any atom is -0.390 e. The van der Waals surface area contributed by atoms with Gasteiger partial charge in [-0.25, -0.2) is 0 Å². The molecule has 252 valence electrons. The number of ketones is 1. The Morgan fingerprint density at radius 1 is 0.864 bits per heavy atom. The predicted octanol–water partition coefficient (Wildman–Crippen LogP) is 5.08. The number of fused-ring (bicyclic) bond motifs is 2. The maximum absolute atomic E-state index is 13.0. The van der Waals surface area contributed by atoms with Crippen molar-refractivity contribution < 1.29 is 39.4 Å². The molecule has 0 radical (unpaired) electrons. The summed E-state index contributed by atoms with van der Waals surface area (Å²) < 4.78 is 19.0. The Labute approximate surface area is 264 Å². The fourth-order valence-electron chi connectivity index (χ4n) is 10.3. The number of aliphatic hydroxyl groups excluding tert-OH is 3. The average Bonchev–Trinajstić information content (AvgIpc) is 3.18. The van der Waals surface area contributed by atoms with Crippen LogP contribution >= 0.6 is 0 Å². The van der Waals surface area contributed by atoms with Gasteiger partial charge in [-0.3, -0.25) is 4.79 Å². The van der Waals surface area contributed by atoms with E-state index in [1.165, 1.54) is 5.57 Å². The summed E-state index contributed by atoms with van der Waals surface area (Å²) in [4.78, 5) is 13.0. The zero-order valence-corrected chi connectivity index (χ0v) is 28.6. The SMILES string of the molecule is CC1CC[C@@H]2[C@@H](CC[C@@]2(C)O[C@@H]2O[C@@H](C)[C@H](O)[C@@H](O)[C@H]2O)C(C)(C)/C1=C\C[C@@H]1[C@@]2(C)CCC(=O)C(C)(C)O[C@@H]2CC[C@]1(C)O. The van der Waals surface area contributed by atoms with Crippen molar-refractivity contribution in [3.05, 3.63) is 11.6 Å². The summed E-state index contributed by atoms with van der Waals surface area (Å²) in [7, 11) is 0. The normalized spacial score (nSPS) is 51.8. The van der Waals surface area contributed by atoms with Gasteiger partial charge in [-0.05, 0) is 115 Å². The van der Waals surface area contributed by atoms with E-state index in [0.29, 0.717) is 24.7 Å². The quantitative estimate of drug-likeness (QED) is 0.321. The summed E-state index contributed by atoms with van der Waals surface area (Å²) in [5.74, 6) is 1.07. The molecule has 13 atom stereocenters. The molecule has 8 nitrogen and oxygen atoms in total. The third-order valence-electron chi connectivity index (χ3n) is 13.3. The van der Waals surface area contributed by atoms with Gasteiger partial charge in [0.2, 0.25) is 0 Å². The molecule has 5 aliphatic rings. The number of allylic oxidation sites excluding steroid dienone is 2. The second kappa shape index (κ2) is 11.7. The van der Waals surface area contributed by atoms with E-state index in [4.69, 9.17) is 14.2 Å². The van der Waals surface area contributed by atoms with Crippen molar-refractivity contribution in [2.45, 2.75) is 174 Å². The molecular weight excluding hydrogens is 560 g/mol. The van der Waals surface area contributed by atoms with Gasteiger partial charge in [0.25, 0.3) is 0 Å². The van der Waals surface area contributed by atoms with E-state index in [9.17, 15) is 25.2 Å². The Bertz CT molecular complexity index is 1110. The van der Waals surface area contributed by atoms with Crippen LogP contribution in [0, 0.1) is 34.5 Å². The van der Waals surface area contributed by atoms with E-state index >= 15 is 0 Å². The third-order valence-corrected chi connectivity index (χ3v) is 13.3. The minimum atomic E-state index is -1.31. The van der Waals surface area contributed by atoms with Crippen LogP contribution in [0.15, 0.2) is 11.6 Å². The fraction of sp³-hybridized carbons (Fsp3) is 0.917. The lowest BCUT2D eigenvalue weighted by Gasteiger charge is -2.54. The lowest BCUT2D eigenvalue weighted by molar-refractivity contribution is -0.323. The number of rotatable bonds is 4. The van der Waals surface area contributed by atoms with Crippen molar-refractivity contribution in [3.8, 4) is 0 Å². The first-order valence-corrected chi connectivity index (χ1v) is 17.3. The molecule has 2 aliphatic heterocycles. The summed E-state index contributed by atoms with van der Waals surface area (Å²) in [6, 6.07) is 0. The van der Waals surface area contributed by atoms with Crippen LogP contribution in [0.25, 0.3) is 0 Å². The summed E-state index contributed by atoms with van der Waals surface area (Å²) in [6.45, 7) is 18.8. The average molecular weight is 621 g/mol. The highest BCUT2D eigenvalue weighted by Crippen LogP contribution is 2.60. The van der Waals surface area contributed by atoms with E-state index in [2.05, 4.69) is 40.7 Å². The van der Waals surface area contributed by atoms with Crippen molar-refractivity contribution in [1.29, 1.82) is 0 Å². The second-order valence-corrected chi connectivity index (χ2v) is 17.0.